The molecular formula is C19H26N4. The van der Waals surface area contributed by atoms with Crippen molar-refractivity contribution in [3.63, 3.8) is 0 Å². The molecule has 0 radical (unpaired) electrons. The van der Waals surface area contributed by atoms with Gasteiger partial charge >= 0.3 is 0 Å². The van der Waals surface area contributed by atoms with Gasteiger partial charge in [0.15, 0.2) is 0 Å². The maximum absolute atomic E-state index is 4.85. The summed E-state index contributed by atoms with van der Waals surface area (Å²) in [7, 11) is 0. The fraction of sp³-hybridized carbons (Fsp3) is 0.474. The SMILES string of the molecule is CCN(Cc1ccccc1)c1nccc(N2CCCCCC2)n1. The second-order valence-electron chi connectivity index (χ2n) is 6.12. The van der Waals surface area contributed by atoms with Gasteiger partial charge in [-0.2, -0.15) is 4.98 Å². The summed E-state index contributed by atoms with van der Waals surface area (Å²) in [4.78, 5) is 14.0. The molecule has 0 saturated carbocycles. The zero-order valence-electron chi connectivity index (χ0n) is 14.0. The monoisotopic (exact) mass is 310 g/mol. The molecule has 0 N–H and O–H groups in total. The lowest BCUT2D eigenvalue weighted by Gasteiger charge is -2.25. The standard InChI is InChI=1S/C19H26N4/c1-2-22(16-17-10-6-5-7-11-17)19-20-13-12-18(21-19)23-14-8-3-4-9-15-23/h5-7,10-13H,2-4,8-9,14-16H2,1H3. The Morgan fingerprint density at radius 1 is 1.00 bits per heavy atom. The van der Waals surface area contributed by atoms with Crippen molar-refractivity contribution < 1.29 is 0 Å². The molecule has 4 nitrogen and oxygen atoms in total. The van der Waals surface area contributed by atoms with E-state index in [-0.39, 0.29) is 0 Å². The first-order chi connectivity index (χ1) is 11.4. The van der Waals surface area contributed by atoms with Crippen LogP contribution in [0.3, 0.4) is 0 Å². The minimum Gasteiger partial charge on any atom is -0.356 e. The molecule has 1 fully saturated rings. The molecule has 2 aromatic rings. The maximum Gasteiger partial charge on any atom is 0.227 e. The predicted molar refractivity (Wildman–Crippen MR) is 95.9 cm³/mol. The van der Waals surface area contributed by atoms with Crippen LogP contribution in [0.15, 0.2) is 42.6 Å². The molecule has 1 aromatic carbocycles. The number of anilines is 2. The summed E-state index contributed by atoms with van der Waals surface area (Å²) in [6.45, 7) is 6.13. The van der Waals surface area contributed by atoms with Gasteiger partial charge in [-0.1, -0.05) is 43.2 Å². The first kappa shape index (κ1) is 15.8. The van der Waals surface area contributed by atoms with Gasteiger partial charge in [0.2, 0.25) is 5.95 Å². The minimum absolute atomic E-state index is 0.832. The van der Waals surface area contributed by atoms with Crippen LogP contribution in [0.4, 0.5) is 11.8 Å². The number of hydrogen-bond donors (Lipinski definition) is 0. The molecule has 2 heterocycles. The molecular weight excluding hydrogens is 284 g/mol. The van der Waals surface area contributed by atoms with Crippen molar-refractivity contribution >= 4 is 11.8 Å². The lowest BCUT2D eigenvalue weighted by molar-refractivity contribution is 0.726. The van der Waals surface area contributed by atoms with Crippen LogP contribution in [0.2, 0.25) is 0 Å². The highest BCUT2D eigenvalue weighted by Gasteiger charge is 2.14. The number of nitrogens with zero attached hydrogens (tertiary/aromatic N) is 4. The summed E-state index contributed by atoms with van der Waals surface area (Å²) < 4.78 is 0. The van der Waals surface area contributed by atoms with Crippen LogP contribution in [-0.4, -0.2) is 29.6 Å². The Morgan fingerprint density at radius 3 is 2.43 bits per heavy atom. The fourth-order valence-corrected chi connectivity index (χ4v) is 3.10. The van der Waals surface area contributed by atoms with Gasteiger partial charge < -0.3 is 9.80 Å². The summed E-state index contributed by atoms with van der Waals surface area (Å²) in [5, 5.41) is 0. The summed E-state index contributed by atoms with van der Waals surface area (Å²) in [6.07, 6.45) is 7.10. The molecule has 0 aliphatic carbocycles. The molecule has 1 aliphatic rings. The molecule has 0 amide bonds. The van der Waals surface area contributed by atoms with Crippen LogP contribution in [0.25, 0.3) is 0 Å². The average Bonchev–Trinajstić information content (AvgIpc) is 2.90. The highest BCUT2D eigenvalue weighted by atomic mass is 15.3. The zero-order chi connectivity index (χ0) is 15.9. The Bertz CT molecular complexity index is 591. The molecule has 122 valence electrons. The lowest BCUT2D eigenvalue weighted by Crippen LogP contribution is -2.28. The third-order valence-corrected chi connectivity index (χ3v) is 4.44. The van der Waals surface area contributed by atoms with E-state index in [1.807, 2.05) is 12.3 Å². The Balaban J connectivity index is 1.76. The number of hydrogen-bond acceptors (Lipinski definition) is 4. The predicted octanol–water partition coefficient (Wildman–Crippen LogP) is 3.88. The van der Waals surface area contributed by atoms with Gasteiger partial charge in [-0.25, -0.2) is 4.98 Å². The fourth-order valence-electron chi connectivity index (χ4n) is 3.10. The van der Waals surface area contributed by atoms with Gasteiger partial charge in [-0.05, 0) is 31.4 Å². The van der Waals surface area contributed by atoms with E-state index >= 15 is 0 Å². The second kappa shape index (κ2) is 7.95. The van der Waals surface area contributed by atoms with Crippen LogP contribution in [0.5, 0.6) is 0 Å². The number of aromatic nitrogens is 2. The summed E-state index contributed by atoms with van der Waals surface area (Å²) in [6, 6.07) is 12.6. The third-order valence-electron chi connectivity index (χ3n) is 4.44. The van der Waals surface area contributed by atoms with E-state index in [9.17, 15) is 0 Å². The van der Waals surface area contributed by atoms with E-state index in [2.05, 4.69) is 52.0 Å². The molecule has 0 unspecified atom stereocenters. The number of rotatable bonds is 5. The van der Waals surface area contributed by atoms with Gasteiger partial charge in [0.1, 0.15) is 5.82 Å². The van der Waals surface area contributed by atoms with Crippen molar-refractivity contribution in [2.45, 2.75) is 39.2 Å². The van der Waals surface area contributed by atoms with Crippen molar-refractivity contribution in [1.82, 2.24) is 9.97 Å². The van der Waals surface area contributed by atoms with E-state index < -0.39 is 0 Å². The number of benzene rings is 1. The molecule has 4 heteroatoms. The molecule has 0 atom stereocenters. The van der Waals surface area contributed by atoms with E-state index in [0.717, 1.165) is 37.9 Å². The molecule has 0 spiro atoms. The highest BCUT2D eigenvalue weighted by Crippen LogP contribution is 2.20. The first-order valence-electron chi connectivity index (χ1n) is 8.73. The van der Waals surface area contributed by atoms with Crippen molar-refractivity contribution in [2.24, 2.45) is 0 Å². The van der Waals surface area contributed by atoms with Gasteiger partial charge in [0.25, 0.3) is 0 Å². The maximum atomic E-state index is 4.85. The van der Waals surface area contributed by atoms with Crippen LogP contribution in [0, 0.1) is 0 Å². The van der Waals surface area contributed by atoms with Crippen molar-refractivity contribution in [2.75, 3.05) is 29.4 Å². The minimum atomic E-state index is 0.832. The smallest absolute Gasteiger partial charge is 0.227 e. The van der Waals surface area contributed by atoms with Crippen LogP contribution < -0.4 is 9.80 Å². The van der Waals surface area contributed by atoms with Gasteiger partial charge in [-0.15, -0.1) is 0 Å². The summed E-state index contributed by atoms with van der Waals surface area (Å²) in [5.74, 6) is 1.90. The Hall–Kier alpha value is -2.10. The first-order valence-corrected chi connectivity index (χ1v) is 8.73. The Morgan fingerprint density at radius 2 is 1.74 bits per heavy atom. The van der Waals surface area contributed by atoms with Gasteiger partial charge in [0, 0.05) is 32.4 Å². The van der Waals surface area contributed by atoms with E-state index in [4.69, 9.17) is 4.98 Å². The van der Waals surface area contributed by atoms with Crippen molar-refractivity contribution in [3.05, 3.63) is 48.2 Å². The average molecular weight is 310 g/mol. The largest absolute Gasteiger partial charge is 0.356 e. The molecule has 1 saturated heterocycles. The molecule has 1 aromatic heterocycles. The normalized spacial score (nSPS) is 15.3. The molecule has 1 aliphatic heterocycles. The third kappa shape index (κ3) is 4.21. The highest BCUT2D eigenvalue weighted by molar-refractivity contribution is 5.44. The molecule has 3 rings (SSSR count). The molecule has 23 heavy (non-hydrogen) atoms. The quantitative estimate of drug-likeness (QED) is 0.839. The van der Waals surface area contributed by atoms with Crippen LogP contribution in [-0.2, 0) is 6.54 Å². The van der Waals surface area contributed by atoms with Crippen LogP contribution >= 0.6 is 0 Å². The zero-order valence-corrected chi connectivity index (χ0v) is 14.0. The summed E-state index contributed by atoms with van der Waals surface area (Å²) >= 11 is 0. The van der Waals surface area contributed by atoms with Crippen molar-refractivity contribution in [1.29, 1.82) is 0 Å². The van der Waals surface area contributed by atoms with Crippen LogP contribution in [0.1, 0.15) is 38.2 Å². The van der Waals surface area contributed by atoms with Crippen molar-refractivity contribution in [3.8, 4) is 0 Å². The Kier molecular flexibility index (Phi) is 5.46. The Labute approximate surface area is 139 Å². The molecule has 0 bridgehead atoms. The van der Waals surface area contributed by atoms with Gasteiger partial charge in [-0.3, -0.25) is 0 Å². The van der Waals surface area contributed by atoms with E-state index in [1.165, 1.54) is 31.2 Å². The topological polar surface area (TPSA) is 32.3 Å². The van der Waals surface area contributed by atoms with E-state index in [0.29, 0.717) is 0 Å². The second-order valence-corrected chi connectivity index (χ2v) is 6.12. The van der Waals surface area contributed by atoms with Gasteiger partial charge in [0.05, 0.1) is 0 Å². The summed E-state index contributed by atoms with van der Waals surface area (Å²) in [5.41, 5.74) is 1.29. The van der Waals surface area contributed by atoms with E-state index in [1.54, 1.807) is 0 Å². The lowest BCUT2D eigenvalue weighted by atomic mass is 10.2.